The number of ether oxygens (including phenoxy) is 2. The number of hydrogen-bond donors (Lipinski definition) is 0. The zero-order chi connectivity index (χ0) is 34.6. The Morgan fingerprint density at radius 3 is 1.21 bits per heavy atom. The van der Waals surface area contributed by atoms with Crippen LogP contribution in [0, 0.1) is 0 Å². The van der Waals surface area contributed by atoms with Crippen LogP contribution in [0.3, 0.4) is 0 Å². The molecule has 0 aliphatic rings. The van der Waals surface area contributed by atoms with Crippen LogP contribution in [0.15, 0.2) is 60.7 Å². The molecule has 1 rings (SSSR count). The van der Waals surface area contributed by atoms with E-state index in [-0.39, 0.29) is 0 Å². The molecule has 0 N–H and O–H groups in total. The molecule has 1 aromatic rings. The zero-order valence-corrected chi connectivity index (χ0v) is 32.1. The molecule has 1 heterocycles. The van der Waals surface area contributed by atoms with Crippen LogP contribution in [0.2, 0.25) is 0 Å². The number of rotatable bonds is 34. The van der Waals surface area contributed by atoms with Crippen molar-refractivity contribution in [2.45, 2.75) is 174 Å². The second-order valence-electron chi connectivity index (χ2n) is 13.8. The van der Waals surface area contributed by atoms with E-state index in [1.165, 1.54) is 134 Å². The molecule has 0 radical (unpaired) electrons. The van der Waals surface area contributed by atoms with E-state index in [1.807, 2.05) is 0 Å². The number of unbranched alkanes of at least 4 members (excludes halogenated alkanes) is 18. The standard InChI is InChI=1S/C44H76N2O2/c1-5-7-9-11-13-15-17-19-21-23-25-27-29-31-33-35-37-47-43-39-42(41-46(3)4)40-44(45-43)48-38-36-34-32-30-28-26-24-22-20-18-16-14-12-10-8-6-2/h13-16,19-22,39-40H,5-12,17-18,23-38,41H2,1-4H3/b15-13-,16-14-,21-19-,22-20-. The number of aromatic nitrogens is 1. The summed E-state index contributed by atoms with van der Waals surface area (Å²) in [5.41, 5.74) is 1.19. The van der Waals surface area contributed by atoms with Crippen LogP contribution in [0.1, 0.15) is 174 Å². The lowest BCUT2D eigenvalue weighted by atomic mass is 10.1. The van der Waals surface area contributed by atoms with Crippen LogP contribution in [0.5, 0.6) is 11.8 Å². The molecule has 0 fully saturated rings. The molecule has 0 unspecified atom stereocenters. The minimum Gasteiger partial charge on any atom is -0.478 e. The van der Waals surface area contributed by atoms with Crippen LogP contribution >= 0.6 is 0 Å². The van der Waals surface area contributed by atoms with Gasteiger partial charge in [0.15, 0.2) is 0 Å². The van der Waals surface area contributed by atoms with Crippen molar-refractivity contribution in [3.63, 3.8) is 0 Å². The molecular formula is C44H76N2O2. The maximum absolute atomic E-state index is 6.09. The summed E-state index contributed by atoms with van der Waals surface area (Å²) in [6, 6.07) is 4.15. The Hall–Kier alpha value is -2.33. The number of nitrogens with zero attached hydrogens (tertiary/aromatic N) is 2. The molecule has 0 bridgehead atoms. The van der Waals surface area contributed by atoms with Crippen molar-refractivity contribution in [3.8, 4) is 11.8 Å². The molecule has 0 spiro atoms. The van der Waals surface area contributed by atoms with Crippen molar-refractivity contribution in [2.24, 2.45) is 0 Å². The molecule has 0 amide bonds. The Morgan fingerprint density at radius 1 is 0.479 bits per heavy atom. The van der Waals surface area contributed by atoms with Crippen LogP contribution < -0.4 is 9.47 Å². The van der Waals surface area contributed by atoms with Gasteiger partial charge in [0.2, 0.25) is 11.8 Å². The van der Waals surface area contributed by atoms with Gasteiger partial charge in [-0.05, 0) is 96.7 Å². The highest BCUT2D eigenvalue weighted by atomic mass is 16.5. The van der Waals surface area contributed by atoms with Crippen molar-refractivity contribution < 1.29 is 9.47 Å². The zero-order valence-electron chi connectivity index (χ0n) is 32.1. The second kappa shape index (κ2) is 34.5. The summed E-state index contributed by atoms with van der Waals surface area (Å²) >= 11 is 0. The van der Waals surface area contributed by atoms with E-state index in [0.29, 0.717) is 11.8 Å². The predicted octanol–water partition coefficient (Wildman–Crippen LogP) is 13.5. The summed E-state index contributed by atoms with van der Waals surface area (Å²) in [5.74, 6) is 1.40. The van der Waals surface area contributed by atoms with Gasteiger partial charge in [-0.25, -0.2) is 0 Å². The van der Waals surface area contributed by atoms with E-state index in [4.69, 9.17) is 9.47 Å². The molecule has 0 aromatic carbocycles. The molecule has 274 valence electrons. The highest BCUT2D eigenvalue weighted by molar-refractivity contribution is 5.28. The van der Waals surface area contributed by atoms with Gasteiger partial charge in [-0.2, -0.15) is 4.98 Å². The first-order chi connectivity index (χ1) is 23.7. The molecule has 1 aromatic heterocycles. The summed E-state index contributed by atoms with van der Waals surface area (Å²) in [6.45, 7) is 6.82. The molecule has 0 aliphatic heterocycles. The minimum absolute atomic E-state index is 0.698. The second-order valence-corrected chi connectivity index (χ2v) is 13.8. The van der Waals surface area contributed by atoms with Gasteiger partial charge in [-0.15, -0.1) is 0 Å². The lowest BCUT2D eigenvalue weighted by Crippen LogP contribution is -2.12. The van der Waals surface area contributed by atoms with E-state index in [0.717, 1.165) is 45.4 Å². The highest BCUT2D eigenvalue weighted by Gasteiger charge is 2.07. The SMILES string of the molecule is CCCCC/C=C\C/C=C\CCCCCCCCOc1cc(CN(C)C)cc(OCCCCCCCC/C=C\C/C=C\CCCCC)n1. The maximum atomic E-state index is 6.09. The molecule has 0 saturated carbocycles. The molecule has 4 heteroatoms. The number of pyridine rings is 1. The first-order valence-corrected chi connectivity index (χ1v) is 20.2. The van der Waals surface area contributed by atoms with Gasteiger partial charge >= 0.3 is 0 Å². The summed E-state index contributed by atoms with van der Waals surface area (Å²) in [6.07, 6.45) is 48.7. The van der Waals surface area contributed by atoms with Crippen molar-refractivity contribution in [1.82, 2.24) is 9.88 Å². The normalized spacial score (nSPS) is 12.2. The van der Waals surface area contributed by atoms with Gasteiger partial charge < -0.3 is 14.4 Å². The van der Waals surface area contributed by atoms with Gasteiger partial charge in [0.25, 0.3) is 0 Å². The fourth-order valence-electron chi connectivity index (χ4n) is 5.67. The molecule has 0 atom stereocenters. The predicted molar refractivity (Wildman–Crippen MR) is 211 cm³/mol. The summed E-state index contributed by atoms with van der Waals surface area (Å²) < 4.78 is 12.2. The summed E-state index contributed by atoms with van der Waals surface area (Å²) in [5, 5.41) is 0. The van der Waals surface area contributed by atoms with Crippen molar-refractivity contribution >= 4 is 0 Å². The first kappa shape index (κ1) is 43.7. The lowest BCUT2D eigenvalue weighted by Gasteiger charge is -2.14. The molecule has 48 heavy (non-hydrogen) atoms. The van der Waals surface area contributed by atoms with E-state index in [2.05, 4.69) is 98.6 Å². The van der Waals surface area contributed by atoms with Crippen LogP contribution in [0.25, 0.3) is 0 Å². The largest absolute Gasteiger partial charge is 0.478 e. The monoisotopic (exact) mass is 665 g/mol. The highest BCUT2D eigenvalue weighted by Crippen LogP contribution is 2.20. The van der Waals surface area contributed by atoms with E-state index >= 15 is 0 Å². The van der Waals surface area contributed by atoms with Gasteiger partial charge in [0.1, 0.15) is 0 Å². The molecule has 4 nitrogen and oxygen atoms in total. The topological polar surface area (TPSA) is 34.6 Å². The average molecular weight is 665 g/mol. The van der Waals surface area contributed by atoms with E-state index in [1.54, 1.807) is 0 Å². The summed E-state index contributed by atoms with van der Waals surface area (Å²) in [7, 11) is 4.19. The van der Waals surface area contributed by atoms with Crippen LogP contribution in [0.4, 0.5) is 0 Å². The van der Waals surface area contributed by atoms with Crippen LogP contribution in [-0.4, -0.2) is 37.2 Å². The average Bonchev–Trinajstić information content (AvgIpc) is 3.07. The molecule has 0 aliphatic carbocycles. The van der Waals surface area contributed by atoms with E-state index < -0.39 is 0 Å². The minimum atomic E-state index is 0.698. The Morgan fingerprint density at radius 2 is 0.833 bits per heavy atom. The number of allylic oxidation sites excluding steroid dienone is 8. The Bertz CT molecular complexity index is 881. The Balaban J connectivity index is 2.13. The maximum Gasteiger partial charge on any atom is 0.216 e. The van der Waals surface area contributed by atoms with Crippen molar-refractivity contribution in [2.75, 3.05) is 27.3 Å². The van der Waals surface area contributed by atoms with E-state index in [9.17, 15) is 0 Å². The Kier molecular flexibility index (Phi) is 31.4. The third kappa shape index (κ3) is 29.8. The van der Waals surface area contributed by atoms with Gasteiger partial charge in [-0.1, -0.05) is 140 Å². The van der Waals surface area contributed by atoms with Gasteiger partial charge in [-0.3, -0.25) is 0 Å². The fourth-order valence-corrected chi connectivity index (χ4v) is 5.67. The number of hydrogen-bond acceptors (Lipinski definition) is 4. The fraction of sp³-hybridized carbons (Fsp3) is 0.705. The quantitative estimate of drug-likeness (QED) is 0.0542. The summed E-state index contributed by atoms with van der Waals surface area (Å²) in [4.78, 5) is 6.85. The lowest BCUT2D eigenvalue weighted by molar-refractivity contribution is 0.267. The van der Waals surface area contributed by atoms with Crippen molar-refractivity contribution in [3.05, 3.63) is 66.3 Å². The third-order valence-corrected chi connectivity index (χ3v) is 8.53. The van der Waals surface area contributed by atoms with Crippen molar-refractivity contribution in [1.29, 1.82) is 0 Å². The third-order valence-electron chi connectivity index (χ3n) is 8.53. The van der Waals surface area contributed by atoms with Gasteiger partial charge in [0.05, 0.1) is 13.2 Å². The van der Waals surface area contributed by atoms with Gasteiger partial charge in [0, 0.05) is 18.7 Å². The van der Waals surface area contributed by atoms with Crippen LogP contribution in [-0.2, 0) is 6.54 Å². The Labute approximate surface area is 298 Å². The molecular weight excluding hydrogens is 588 g/mol. The first-order valence-electron chi connectivity index (χ1n) is 20.2. The molecule has 0 saturated heterocycles. The smallest absolute Gasteiger partial charge is 0.216 e.